The maximum absolute atomic E-state index is 12.4. The summed E-state index contributed by atoms with van der Waals surface area (Å²) < 4.78 is 32.6. The average Bonchev–Trinajstić information content (AvgIpc) is 2.42. The highest BCUT2D eigenvalue weighted by Gasteiger charge is 2.37. The van der Waals surface area contributed by atoms with Gasteiger partial charge >= 0.3 is 0 Å². The van der Waals surface area contributed by atoms with Gasteiger partial charge in [-0.2, -0.15) is 0 Å². The number of benzene rings is 1. The molecule has 1 fully saturated rings. The van der Waals surface area contributed by atoms with Gasteiger partial charge in [-0.1, -0.05) is 11.6 Å². The highest BCUT2D eigenvalue weighted by Crippen LogP contribution is 2.27. The second-order valence-corrected chi connectivity index (χ2v) is 6.90. The third-order valence-electron chi connectivity index (χ3n) is 3.35. The van der Waals surface area contributed by atoms with Crippen molar-refractivity contribution in [2.45, 2.75) is 23.3 Å². The Kier molecular flexibility index (Phi) is 4.55. The van der Waals surface area contributed by atoms with E-state index in [1.165, 1.54) is 18.2 Å². The van der Waals surface area contributed by atoms with Crippen LogP contribution in [-0.2, 0) is 14.8 Å². The Labute approximate surface area is 122 Å². The van der Waals surface area contributed by atoms with Gasteiger partial charge in [-0.3, -0.25) is 0 Å². The quantitative estimate of drug-likeness (QED) is 0.710. The Morgan fingerprint density at radius 3 is 2.65 bits per heavy atom. The summed E-state index contributed by atoms with van der Waals surface area (Å²) in [5.74, 6) is 0. The molecule has 0 amide bonds. The second kappa shape index (κ2) is 5.87. The van der Waals surface area contributed by atoms with Crippen molar-refractivity contribution >= 4 is 27.3 Å². The van der Waals surface area contributed by atoms with Gasteiger partial charge < -0.3 is 15.6 Å². The van der Waals surface area contributed by atoms with E-state index in [0.29, 0.717) is 31.7 Å². The number of anilines is 1. The smallest absolute Gasteiger partial charge is 0.242 e. The number of ether oxygens (including phenoxy) is 1. The first-order chi connectivity index (χ1) is 9.38. The second-order valence-electron chi connectivity index (χ2n) is 4.85. The third-order valence-corrected chi connectivity index (χ3v) is 5.41. The number of hydrogen-bond acceptors (Lipinski definition) is 5. The molecule has 8 heteroatoms. The lowest BCUT2D eigenvalue weighted by atomic mass is 9.93. The zero-order chi connectivity index (χ0) is 14.8. The number of nitrogens with two attached hydrogens (primary N) is 1. The summed E-state index contributed by atoms with van der Waals surface area (Å²) in [5.41, 5.74) is 5.00. The third kappa shape index (κ3) is 3.24. The molecule has 112 valence electrons. The molecule has 20 heavy (non-hydrogen) atoms. The van der Waals surface area contributed by atoms with E-state index in [1.807, 2.05) is 0 Å². The molecular weight excluding hydrogens is 304 g/mol. The zero-order valence-electron chi connectivity index (χ0n) is 10.8. The topological polar surface area (TPSA) is 102 Å². The molecule has 0 atom stereocenters. The van der Waals surface area contributed by atoms with Gasteiger partial charge in [-0.05, 0) is 31.0 Å². The Morgan fingerprint density at radius 1 is 1.40 bits per heavy atom. The fourth-order valence-corrected chi connectivity index (χ4v) is 4.11. The first-order valence-corrected chi connectivity index (χ1v) is 8.02. The van der Waals surface area contributed by atoms with E-state index in [-0.39, 0.29) is 16.5 Å². The molecule has 0 aromatic heterocycles. The summed E-state index contributed by atoms with van der Waals surface area (Å²) in [4.78, 5) is -0.0847. The van der Waals surface area contributed by atoms with Crippen LogP contribution in [0.2, 0.25) is 5.02 Å². The fourth-order valence-electron chi connectivity index (χ4n) is 2.12. The number of rotatable bonds is 4. The van der Waals surface area contributed by atoms with Crippen molar-refractivity contribution in [2.24, 2.45) is 0 Å². The first-order valence-electron chi connectivity index (χ1n) is 6.16. The summed E-state index contributed by atoms with van der Waals surface area (Å²) in [6, 6.07) is 4.26. The van der Waals surface area contributed by atoms with Gasteiger partial charge in [-0.15, -0.1) is 0 Å². The Morgan fingerprint density at radius 2 is 2.05 bits per heavy atom. The summed E-state index contributed by atoms with van der Waals surface area (Å²) in [7, 11) is -3.86. The molecule has 0 spiro atoms. The number of nitrogen functional groups attached to an aromatic ring is 1. The molecule has 4 N–H and O–H groups in total. The van der Waals surface area contributed by atoms with Crippen LogP contribution < -0.4 is 10.5 Å². The predicted octanol–water partition coefficient (Wildman–Crippen LogP) is 0.742. The number of sulfonamides is 1. The van der Waals surface area contributed by atoms with E-state index in [2.05, 4.69) is 4.72 Å². The molecule has 0 unspecified atom stereocenters. The number of aliphatic hydroxyl groups excluding tert-OH is 1. The summed E-state index contributed by atoms with van der Waals surface area (Å²) >= 11 is 5.93. The van der Waals surface area contributed by atoms with Crippen LogP contribution in [0.3, 0.4) is 0 Å². The summed E-state index contributed by atoms with van der Waals surface area (Å²) in [6.07, 6.45) is 0.811. The number of nitrogens with one attached hydrogen (secondary N) is 1. The largest absolute Gasteiger partial charge is 0.399 e. The molecule has 1 aromatic carbocycles. The van der Waals surface area contributed by atoms with Gasteiger partial charge in [0.2, 0.25) is 10.0 Å². The predicted molar refractivity (Wildman–Crippen MR) is 76.1 cm³/mol. The van der Waals surface area contributed by atoms with Crippen LogP contribution in [0.5, 0.6) is 0 Å². The molecule has 0 bridgehead atoms. The van der Waals surface area contributed by atoms with Gasteiger partial charge in [0.25, 0.3) is 0 Å². The van der Waals surface area contributed by atoms with Crippen LogP contribution in [0, 0.1) is 0 Å². The monoisotopic (exact) mass is 320 g/mol. The average molecular weight is 321 g/mol. The molecular formula is C12H17ClN2O4S. The van der Waals surface area contributed by atoms with E-state index in [0.717, 1.165) is 0 Å². The van der Waals surface area contributed by atoms with Crippen molar-refractivity contribution in [2.75, 3.05) is 25.6 Å². The maximum Gasteiger partial charge on any atom is 0.242 e. The number of aliphatic hydroxyl groups is 1. The van der Waals surface area contributed by atoms with Crippen molar-refractivity contribution < 1.29 is 18.3 Å². The maximum atomic E-state index is 12.4. The lowest BCUT2D eigenvalue weighted by Crippen LogP contribution is -2.54. The molecule has 0 radical (unpaired) electrons. The Hall–Kier alpha value is -0.860. The molecule has 0 aliphatic carbocycles. The summed E-state index contributed by atoms with van der Waals surface area (Å²) in [5, 5.41) is 9.63. The molecule has 1 saturated heterocycles. The standard InChI is InChI=1S/C12H17ClN2O4S/c13-10-2-1-9(14)7-11(10)20(17,18)15-12(8-16)3-5-19-6-4-12/h1-2,7,15-16H,3-6,8,14H2. The summed E-state index contributed by atoms with van der Waals surface area (Å²) in [6.45, 7) is 0.497. The van der Waals surface area contributed by atoms with Crippen molar-refractivity contribution in [1.82, 2.24) is 4.72 Å². The van der Waals surface area contributed by atoms with Gasteiger partial charge in [0.05, 0.1) is 17.2 Å². The minimum absolute atomic E-state index is 0.0847. The minimum Gasteiger partial charge on any atom is -0.399 e. The normalized spacial score (nSPS) is 18.9. The molecule has 1 aliphatic rings. The van der Waals surface area contributed by atoms with Crippen LogP contribution >= 0.6 is 11.6 Å². The van der Waals surface area contributed by atoms with E-state index in [9.17, 15) is 13.5 Å². The zero-order valence-corrected chi connectivity index (χ0v) is 12.4. The lowest BCUT2D eigenvalue weighted by Gasteiger charge is -2.35. The molecule has 2 rings (SSSR count). The number of halogens is 1. The van der Waals surface area contributed by atoms with Crippen LogP contribution in [-0.4, -0.2) is 38.9 Å². The highest BCUT2D eigenvalue weighted by atomic mass is 35.5. The molecule has 1 aromatic rings. The van der Waals surface area contributed by atoms with E-state index in [4.69, 9.17) is 22.1 Å². The van der Waals surface area contributed by atoms with Crippen molar-refractivity contribution in [3.05, 3.63) is 23.2 Å². The highest BCUT2D eigenvalue weighted by molar-refractivity contribution is 7.89. The van der Waals surface area contributed by atoms with E-state index in [1.54, 1.807) is 0 Å². The Balaban J connectivity index is 2.32. The molecule has 0 saturated carbocycles. The van der Waals surface area contributed by atoms with E-state index < -0.39 is 15.6 Å². The minimum atomic E-state index is -3.86. The van der Waals surface area contributed by atoms with Crippen molar-refractivity contribution in [3.63, 3.8) is 0 Å². The van der Waals surface area contributed by atoms with Gasteiger partial charge in [0.1, 0.15) is 4.90 Å². The van der Waals surface area contributed by atoms with Crippen molar-refractivity contribution in [3.8, 4) is 0 Å². The molecule has 1 heterocycles. The van der Waals surface area contributed by atoms with E-state index >= 15 is 0 Å². The van der Waals surface area contributed by atoms with Crippen LogP contribution in [0.15, 0.2) is 23.1 Å². The molecule has 6 nitrogen and oxygen atoms in total. The first kappa shape index (κ1) is 15.5. The SMILES string of the molecule is Nc1ccc(Cl)c(S(=O)(=O)NC2(CO)CCOCC2)c1. The lowest BCUT2D eigenvalue weighted by molar-refractivity contribution is 0.0223. The van der Waals surface area contributed by atoms with Crippen LogP contribution in [0.25, 0.3) is 0 Å². The molecule has 1 aliphatic heterocycles. The van der Waals surface area contributed by atoms with Gasteiger partial charge in [-0.25, -0.2) is 13.1 Å². The number of hydrogen-bond donors (Lipinski definition) is 3. The van der Waals surface area contributed by atoms with Crippen LogP contribution in [0.4, 0.5) is 5.69 Å². The van der Waals surface area contributed by atoms with Gasteiger partial charge in [0.15, 0.2) is 0 Å². The van der Waals surface area contributed by atoms with Crippen LogP contribution in [0.1, 0.15) is 12.8 Å². The fraction of sp³-hybridized carbons (Fsp3) is 0.500. The Bertz CT molecular complexity index is 585. The van der Waals surface area contributed by atoms with Gasteiger partial charge in [0, 0.05) is 18.9 Å². The van der Waals surface area contributed by atoms with Crippen molar-refractivity contribution in [1.29, 1.82) is 0 Å².